The summed E-state index contributed by atoms with van der Waals surface area (Å²) in [7, 11) is -3.22. The van der Waals surface area contributed by atoms with Gasteiger partial charge in [-0.15, -0.1) is 0 Å². The van der Waals surface area contributed by atoms with Crippen LogP contribution in [0.1, 0.15) is 6.92 Å². The molecule has 1 aliphatic heterocycles. The molecule has 0 spiro atoms. The molecule has 0 radical (unpaired) electrons. The van der Waals surface area contributed by atoms with Gasteiger partial charge in [-0.1, -0.05) is 6.92 Å². The minimum absolute atomic E-state index is 0.0984. The molecule has 1 N–H and O–H groups in total. The number of anilines is 1. The molecule has 0 aromatic carbocycles. The van der Waals surface area contributed by atoms with Gasteiger partial charge in [0.15, 0.2) is 14.9 Å². The van der Waals surface area contributed by atoms with Gasteiger partial charge in [-0.3, -0.25) is 0 Å². The van der Waals surface area contributed by atoms with Crippen LogP contribution in [0.5, 0.6) is 0 Å². The summed E-state index contributed by atoms with van der Waals surface area (Å²) in [5.74, 6) is 0. The second-order valence-corrected chi connectivity index (χ2v) is 6.78. The Hall–Kier alpha value is -1.14. The minimum atomic E-state index is -3.22. The molecule has 0 amide bonds. The zero-order chi connectivity index (χ0) is 12.5. The summed E-state index contributed by atoms with van der Waals surface area (Å²) >= 11 is 0. The fourth-order valence-electron chi connectivity index (χ4n) is 1.57. The number of hydrogen-bond donors (Lipinski definition) is 1. The third-order valence-corrected chi connectivity index (χ3v) is 3.74. The molecule has 0 atom stereocenters. The molecule has 1 fully saturated rings. The molecule has 94 valence electrons. The molecule has 0 unspecified atom stereocenters. The van der Waals surface area contributed by atoms with Crippen LogP contribution in [0, 0.1) is 5.41 Å². The van der Waals surface area contributed by atoms with E-state index in [1.165, 1.54) is 6.07 Å². The number of nitrogens with zero attached hydrogens (tertiary/aromatic N) is 1. The predicted molar refractivity (Wildman–Crippen MR) is 64.8 cm³/mol. The average molecular weight is 256 g/mol. The SMILES string of the molecule is CC1(CNc2ccc(S(C)(=O)=O)nc2)COC1. The number of nitrogens with one attached hydrogen (secondary N) is 1. The second-order valence-electron chi connectivity index (χ2n) is 4.81. The van der Waals surface area contributed by atoms with Gasteiger partial charge in [-0.05, 0) is 12.1 Å². The van der Waals surface area contributed by atoms with Gasteiger partial charge in [0.05, 0.1) is 25.1 Å². The van der Waals surface area contributed by atoms with Crippen LogP contribution >= 0.6 is 0 Å². The quantitative estimate of drug-likeness (QED) is 0.868. The zero-order valence-corrected chi connectivity index (χ0v) is 10.8. The van der Waals surface area contributed by atoms with Gasteiger partial charge >= 0.3 is 0 Å². The fourth-order valence-corrected chi connectivity index (χ4v) is 2.13. The number of hydrogen-bond acceptors (Lipinski definition) is 5. The molecule has 0 aliphatic carbocycles. The fraction of sp³-hybridized carbons (Fsp3) is 0.545. The highest BCUT2D eigenvalue weighted by Crippen LogP contribution is 2.26. The monoisotopic (exact) mass is 256 g/mol. The van der Waals surface area contributed by atoms with Crippen LogP contribution < -0.4 is 5.32 Å². The highest BCUT2D eigenvalue weighted by Gasteiger charge is 2.32. The van der Waals surface area contributed by atoms with Gasteiger partial charge in [-0.25, -0.2) is 13.4 Å². The van der Waals surface area contributed by atoms with Gasteiger partial charge in [0.2, 0.25) is 0 Å². The molecule has 1 aromatic rings. The van der Waals surface area contributed by atoms with E-state index in [4.69, 9.17) is 4.74 Å². The summed E-state index contributed by atoms with van der Waals surface area (Å²) in [5, 5.41) is 3.33. The van der Waals surface area contributed by atoms with E-state index in [9.17, 15) is 8.42 Å². The number of rotatable bonds is 4. The minimum Gasteiger partial charge on any atom is -0.383 e. The summed E-state index contributed by atoms with van der Waals surface area (Å²) in [6.07, 6.45) is 2.69. The Labute approximate surface area is 101 Å². The molecule has 1 aromatic heterocycles. The first-order chi connectivity index (χ1) is 7.89. The van der Waals surface area contributed by atoms with E-state index in [0.717, 1.165) is 31.7 Å². The van der Waals surface area contributed by atoms with Gasteiger partial charge in [0.1, 0.15) is 0 Å². The second kappa shape index (κ2) is 4.27. The molecule has 0 saturated carbocycles. The van der Waals surface area contributed by atoms with E-state index < -0.39 is 9.84 Å². The summed E-state index contributed by atoms with van der Waals surface area (Å²) in [4.78, 5) is 3.91. The van der Waals surface area contributed by atoms with Crippen LogP contribution in [0.25, 0.3) is 0 Å². The molecule has 1 saturated heterocycles. The van der Waals surface area contributed by atoms with Crippen molar-refractivity contribution in [1.82, 2.24) is 4.98 Å². The lowest BCUT2D eigenvalue weighted by Crippen LogP contribution is -2.45. The summed E-state index contributed by atoms with van der Waals surface area (Å²) in [5.41, 5.74) is 1.00. The Kier molecular flexibility index (Phi) is 3.09. The van der Waals surface area contributed by atoms with Gasteiger partial charge in [0, 0.05) is 18.2 Å². The van der Waals surface area contributed by atoms with Crippen LogP contribution in [0.3, 0.4) is 0 Å². The number of sulfone groups is 1. The van der Waals surface area contributed by atoms with Gasteiger partial charge in [-0.2, -0.15) is 0 Å². The number of ether oxygens (including phenoxy) is 1. The lowest BCUT2D eigenvalue weighted by Gasteiger charge is -2.38. The first-order valence-corrected chi connectivity index (χ1v) is 7.26. The van der Waals surface area contributed by atoms with Crippen LogP contribution in [0.4, 0.5) is 5.69 Å². The smallest absolute Gasteiger partial charge is 0.192 e. The maximum atomic E-state index is 11.2. The van der Waals surface area contributed by atoms with Gasteiger partial charge < -0.3 is 10.1 Å². The topological polar surface area (TPSA) is 68.3 Å². The highest BCUT2D eigenvalue weighted by molar-refractivity contribution is 7.90. The van der Waals surface area contributed by atoms with Crippen molar-refractivity contribution < 1.29 is 13.2 Å². The Bertz CT molecular complexity index is 492. The van der Waals surface area contributed by atoms with E-state index >= 15 is 0 Å². The molecular weight excluding hydrogens is 240 g/mol. The third-order valence-electron chi connectivity index (χ3n) is 2.74. The van der Waals surface area contributed by atoms with Crippen LogP contribution in [-0.4, -0.2) is 39.4 Å². The zero-order valence-electron chi connectivity index (χ0n) is 9.93. The van der Waals surface area contributed by atoms with Crippen molar-refractivity contribution in [3.05, 3.63) is 18.3 Å². The molecule has 2 rings (SSSR count). The number of pyridine rings is 1. The molecular formula is C11H16N2O3S. The normalized spacial score (nSPS) is 18.5. The van der Waals surface area contributed by atoms with Crippen LogP contribution in [0.15, 0.2) is 23.4 Å². The van der Waals surface area contributed by atoms with E-state index in [2.05, 4.69) is 17.2 Å². The van der Waals surface area contributed by atoms with E-state index in [1.54, 1.807) is 12.3 Å². The Morgan fingerprint density at radius 2 is 2.18 bits per heavy atom. The van der Waals surface area contributed by atoms with Crippen molar-refractivity contribution in [2.24, 2.45) is 5.41 Å². The average Bonchev–Trinajstić information content (AvgIpc) is 2.23. The summed E-state index contributed by atoms with van der Waals surface area (Å²) in [6, 6.07) is 3.24. The van der Waals surface area contributed by atoms with Crippen molar-refractivity contribution in [1.29, 1.82) is 0 Å². The maximum absolute atomic E-state index is 11.2. The van der Waals surface area contributed by atoms with Crippen molar-refractivity contribution in [2.45, 2.75) is 11.9 Å². The van der Waals surface area contributed by atoms with Crippen molar-refractivity contribution in [3.63, 3.8) is 0 Å². The summed E-state index contributed by atoms with van der Waals surface area (Å²) < 4.78 is 27.6. The predicted octanol–water partition coefficient (Wildman–Crippen LogP) is 0.933. The Morgan fingerprint density at radius 1 is 1.47 bits per heavy atom. The standard InChI is InChI=1S/C11H16N2O3S/c1-11(7-16-8-11)6-13-9-3-4-10(12-5-9)17(2,14)15/h3-5,13H,6-8H2,1-2H3. The van der Waals surface area contributed by atoms with E-state index in [0.29, 0.717) is 0 Å². The first-order valence-electron chi connectivity index (χ1n) is 5.37. The van der Waals surface area contributed by atoms with Crippen LogP contribution in [0.2, 0.25) is 0 Å². The lowest BCUT2D eigenvalue weighted by atomic mass is 9.89. The van der Waals surface area contributed by atoms with E-state index in [1.807, 2.05) is 0 Å². The highest BCUT2D eigenvalue weighted by atomic mass is 32.2. The van der Waals surface area contributed by atoms with Crippen molar-refractivity contribution >= 4 is 15.5 Å². The van der Waals surface area contributed by atoms with E-state index in [-0.39, 0.29) is 10.4 Å². The molecule has 5 nitrogen and oxygen atoms in total. The Morgan fingerprint density at radius 3 is 2.59 bits per heavy atom. The lowest BCUT2D eigenvalue weighted by molar-refractivity contribution is -0.0924. The van der Waals surface area contributed by atoms with Gasteiger partial charge in [0.25, 0.3) is 0 Å². The number of aromatic nitrogens is 1. The van der Waals surface area contributed by atoms with Crippen LogP contribution in [-0.2, 0) is 14.6 Å². The van der Waals surface area contributed by atoms with Crippen molar-refractivity contribution in [3.8, 4) is 0 Å². The molecule has 17 heavy (non-hydrogen) atoms. The molecule has 6 heteroatoms. The largest absolute Gasteiger partial charge is 0.383 e. The molecule has 0 bridgehead atoms. The van der Waals surface area contributed by atoms with Crippen molar-refractivity contribution in [2.75, 3.05) is 31.3 Å². The molecule has 1 aliphatic rings. The maximum Gasteiger partial charge on any atom is 0.192 e. The summed E-state index contributed by atoms with van der Waals surface area (Å²) in [6.45, 7) is 4.46. The molecule has 2 heterocycles. The Balaban J connectivity index is 1.99. The third kappa shape index (κ3) is 2.95. The first kappa shape index (κ1) is 12.3.